The molecule has 0 bridgehead atoms. The number of hydrogen-bond donors (Lipinski definition) is 0. The van der Waals surface area contributed by atoms with Crippen molar-refractivity contribution in [3.8, 4) is 0 Å². The standard InChI is InChI=1S/C34H54F3N5O/c1-4-27-11-13-28(14-12-27)25-41(18-17-33(43)42(5-2)30-9-7-6-8-10-30)32-23-29(15-16-31(32)38-3)24-39-19-21-40(22-20-39)26-34(35,36)37/h15-16,23,27-28,30H,3-14,17-22,24-26H2,1-2H3. The zero-order valence-corrected chi connectivity index (χ0v) is 26.6. The van der Waals surface area contributed by atoms with Crippen LogP contribution in [-0.2, 0) is 11.3 Å². The average molecular weight is 606 g/mol. The van der Waals surface area contributed by atoms with E-state index in [1.165, 1.54) is 56.3 Å². The number of piperazine rings is 1. The highest BCUT2D eigenvalue weighted by Gasteiger charge is 2.32. The summed E-state index contributed by atoms with van der Waals surface area (Å²) in [5, 5.41) is 0. The Balaban J connectivity index is 1.47. The van der Waals surface area contributed by atoms with Gasteiger partial charge in [0.25, 0.3) is 0 Å². The summed E-state index contributed by atoms with van der Waals surface area (Å²) in [6.45, 7) is 12.5. The first kappa shape index (κ1) is 33.8. The second-order valence-electron chi connectivity index (χ2n) is 13.1. The van der Waals surface area contributed by atoms with Gasteiger partial charge in [0.1, 0.15) is 0 Å². The number of aliphatic imine (C=N–C) groups is 1. The fraction of sp³-hybridized carbons (Fsp3) is 0.765. The Bertz CT molecular complexity index is 1010. The third-order valence-electron chi connectivity index (χ3n) is 10.1. The van der Waals surface area contributed by atoms with Gasteiger partial charge in [-0.15, -0.1) is 0 Å². The van der Waals surface area contributed by atoms with E-state index >= 15 is 0 Å². The van der Waals surface area contributed by atoms with Crippen molar-refractivity contribution >= 4 is 24.0 Å². The van der Waals surface area contributed by atoms with Crippen LogP contribution >= 0.6 is 0 Å². The van der Waals surface area contributed by atoms with Crippen molar-refractivity contribution < 1.29 is 18.0 Å². The van der Waals surface area contributed by atoms with Crippen LogP contribution in [0.25, 0.3) is 0 Å². The Morgan fingerprint density at radius 1 is 0.953 bits per heavy atom. The van der Waals surface area contributed by atoms with E-state index in [4.69, 9.17) is 0 Å². The average Bonchev–Trinajstić information content (AvgIpc) is 3.00. The number of nitrogens with zero attached hydrogens (tertiary/aromatic N) is 5. The predicted molar refractivity (Wildman–Crippen MR) is 170 cm³/mol. The van der Waals surface area contributed by atoms with Crippen LogP contribution in [0.1, 0.15) is 90.0 Å². The summed E-state index contributed by atoms with van der Waals surface area (Å²) in [7, 11) is 0. The molecule has 0 aromatic heterocycles. The molecule has 0 spiro atoms. The minimum atomic E-state index is -4.16. The van der Waals surface area contributed by atoms with Crippen molar-refractivity contribution in [2.45, 2.75) is 103 Å². The third kappa shape index (κ3) is 10.2. The van der Waals surface area contributed by atoms with Gasteiger partial charge < -0.3 is 9.80 Å². The Labute approximate surface area is 257 Å². The molecule has 1 aromatic rings. The van der Waals surface area contributed by atoms with E-state index in [1.54, 1.807) is 0 Å². The molecule has 2 saturated carbocycles. The number of carbonyl (C=O) groups is 1. The highest BCUT2D eigenvalue weighted by atomic mass is 19.4. The van der Waals surface area contributed by atoms with Gasteiger partial charge in [0.15, 0.2) is 0 Å². The number of rotatable bonds is 13. The zero-order valence-electron chi connectivity index (χ0n) is 26.6. The maximum absolute atomic E-state index is 13.6. The highest BCUT2D eigenvalue weighted by Crippen LogP contribution is 2.36. The molecule has 6 nitrogen and oxygen atoms in total. The normalized spacial score (nSPS) is 22.8. The van der Waals surface area contributed by atoms with Gasteiger partial charge in [-0.05, 0) is 68.9 Å². The molecule has 242 valence electrons. The summed E-state index contributed by atoms with van der Waals surface area (Å²) in [6.07, 6.45) is 8.45. The maximum atomic E-state index is 13.6. The summed E-state index contributed by atoms with van der Waals surface area (Å²) in [5.41, 5.74) is 2.97. The van der Waals surface area contributed by atoms with Crippen molar-refractivity contribution in [1.29, 1.82) is 0 Å². The lowest BCUT2D eigenvalue weighted by atomic mass is 9.80. The molecule has 0 N–H and O–H groups in total. The fourth-order valence-corrected chi connectivity index (χ4v) is 7.52. The molecule has 0 atom stereocenters. The topological polar surface area (TPSA) is 42.4 Å². The molecular formula is C34H54F3N5O. The molecule has 3 aliphatic rings. The number of amides is 1. The Hall–Kier alpha value is -2.13. The molecular weight excluding hydrogens is 551 g/mol. The molecule has 1 aliphatic heterocycles. The summed E-state index contributed by atoms with van der Waals surface area (Å²) in [4.78, 5) is 26.2. The van der Waals surface area contributed by atoms with Gasteiger partial charge in [-0.3, -0.25) is 19.6 Å². The van der Waals surface area contributed by atoms with Crippen molar-refractivity contribution in [3.63, 3.8) is 0 Å². The summed E-state index contributed by atoms with van der Waals surface area (Å²) >= 11 is 0. The van der Waals surface area contributed by atoms with Crippen molar-refractivity contribution in [3.05, 3.63) is 23.8 Å². The molecule has 1 heterocycles. The lowest BCUT2D eigenvalue weighted by Crippen LogP contribution is -2.48. The van der Waals surface area contributed by atoms with E-state index in [2.05, 4.69) is 52.4 Å². The molecule has 0 radical (unpaired) electrons. The van der Waals surface area contributed by atoms with Crippen LogP contribution in [0.5, 0.6) is 0 Å². The minimum Gasteiger partial charge on any atom is -0.369 e. The second-order valence-corrected chi connectivity index (χ2v) is 13.1. The van der Waals surface area contributed by atoms with E-state index < -0.39 is 12.7 Å². The molecule has 9 heteroatoms. The van der Waals surface area contributed by atoms with Gasteiger partial charge >= 0.3 is 6.18 Å². The molecule has 1 aromatic carbocycles. The molecule has 0 unspecified atom stereocenters. The SMILES string of the molecule is C=Nc1ccc(CN2CCN(CC(F)(F)F)CC2)cc1N(CCC(=O)N(CC)C1CCCCC1)CC1CCC(CC)CC1. The molecule has 2 aliphatic carbocycles. The molecule has 1 amide bonds. The van der Waals surface area contributed by atoms with Crippen LogP contribution < -0.4 is 4.90 Å². The largest absolute Gasteiger partial charge is 0.401 e. The van der Waals surface area contributed by atoms with E-state index in [9.17, 15) is 18.0 Å². The first-order chi connectivity index (χ1) is 20.7. The fourth-order valence-electron chi connectivity index (χ4n) is 7.52. The molecule has 1 saturated heterocycles. The number of halogens is 3. The minimum absolute atomic E-state index is 0.245. The van der Waals surface area contributed by atoms with Crippen LogP contribution in [-0.4, -0.2) is 91.9 Å². The van der Waals surface area contributed by atoms with Crippen LogP contribution in [0.15, 0.2) is 23.2 Å². The van der Waals surface area contributed by atoms with E-state index in [-0.39, 0.29) is 5.91 Å². The second kappa shape index (κ2) is 16.3. The third-order valence-corrected chi connectivity index (χ3v) is 10.1. The summed E-state index contributed by atoms with van der Waals surface area (Å²) in [5.74, 6) is 1.65. The van der Waals surface area contributed by atoms with Gasteiger partial charge in [-0.1, -0.05) is 51.5 Å². The van der Waals surface area contributed by atoms with E-state index in [1.807, 2.05) is 6.07 Å². The Morgan fingerprint density at radius 2 is 1.60 bits per heavy atom. The maximum Gasteiger partial charge on any atom is 0.401 e. The van der Waals surface area contributed by atoms with E-state index in [0.29, 0.717) is 57.6 Å². The molecule has 3 fully saturated rings. The summed E-state index contributed by atoms with van der Waals surface area (Å²) < 4.78 is 38.6. The first-order valence-corrected chi connectivity index (χ1v) is 16.8. The molecule has 4 rings (SSSR count). The number of hydrogen-bond acceptors (Lipinski definition) is 5. The van der Waals surface area contributed by atoms with Gasteiger partial charge in [-0.25, -0.2) is 0 Å². The van der Waals surface area contributed by atoms with Crippen LogP contribution in [0.2, 0.25) is 0 Å². The Kier molecular flexibility index (Phi) is 12.8. The van der Waals surface area contributed by atoms with Gasteiger partial charge in [0.05, 0.1) is 17.9 Å². The number of anilines is 1. The number of carbonyl (C=O) groups excluding carboxylic acids is 1. The van der Waals surface area contributed by atoms with Crippen LogP contribution in [0.3, 0.4) is 0 Å². The van der Waals surface area contributed by atoms with Crippen molar-refractivity contribution in [2.75, 3.05) is 57.3 Å². The predicted octanol–water partition coefficient (Wildman–Crippen LogP) is 7.29. The summed E-state index contributed by atoms with van der Waals surface area (Å²) in [6, 6.07) is 6.63. The van der Waals surface area contributed by atoms with Crippen LogP contribution in [0, 0.1) is 11.8 Å². The van der Waals surface area contributed by atoms with Gasteiger partial charge in [0, 0.05) is 64.8 Å². The van der Waals surface area contributed by atoms with Gasteiger partial charge in [0.2, 0.25) is 5.91 Å². The lowest BCUT2D eigenvalue weighted by molar-refractivity contribution is -0.149. The quantitative estimate of drug-likeness (QED) is 0.222. The number of benzene rings is 1. The smallest absolute Gasteiger partial charge is 0.369 e. The van der Waals surface area contributed by atoms with Crippen molar-refractivity contribution in [1.82, 2.24) is 14.7 Å². The zero-order chi connectivity index (χ0) is 30.8. The molecule has 43 heavy (non-hydrogen) atoms. The van der Waals surface area contributed by atoms with Crippen molar-refractivity contribution in [2.24, 2.45) is 16.8 Å². The lowest BCUT2D eigenvalue weighted by Gasteiger charge is -2.37. The monoisotopic (exact) mass is 605 g/mol. The van der Waals surface area contributed by atoms with Crippen LogP contribution in [0.4, 0.5) is 24.5 Å². The number of alkyl halides is 3. The van der Waals surface area contributed by atoms with E-state index in [0.717, 1.165) is 48.8 Å². The van der Waals surface area contributed by atoms with Gasteiger partial charge in [-0.2, -0.15) is 13.2 Å². The Morgan fingerprint density at radius 3 is 2.21 bits per heavy atom. The highest BCUT2D eigenvalue weighted by molar-refractivity contribution is 5.78. The first-order valence-electron chi connectivity index (χ1n) is 16.8.